The fraction of sp³-hybridized carbons (Fsp3) is 0.700. The molecule has 1 aliphatic rings. The summed E-state index contributed by atoms with van der Waals surface area (Å²) in [7, 11) is 2.07. The minimum atomic E-state index is -0.193. The Labute approximate surface area is 105 Å². The normalized spacial score (nSPS) is 21.2. The molecule has 1 aliphatic heterocycles. The van der Waals surface area contributed by atoms with E-state index in [-0.39, 0.29) is 12.1 Å². The maximum atomic E-state index is 11.7. The zero-order valence-electron chi connectivity index (χ0n) is 10.1. The van der Waals surface area contributed by atoms with Crippen LogP contribution in [0.15, 0.2) is 0 Å². The number of rotatable bonds is 2. The molecule has 2 heterocycles. The molecule has 1 saturated heterocycles. The van der Waals surface area contributed by atoms with E-state index >= 15 is 0 Å². The molecule has 0 aliphatic carbocycles. The van der Waals surface area contributed by atoms with Crippen LogP contribution in [0.4, 0.5) is 9.93 Å². The maximum absolute atomic E-state index is 11.7. The van der Waals surface area contributed by atoms with Gasteiger partial charge < -0.3 is 10.2 Å². The van der Waals surface area contributed by atoms with Gasteiger partial charge >= 0.3 is 6.03 Å². The Morgan fingerprint density at radius 3 is 3.06 bits per heavy atom. The molecule has 0 aromatic carbocycles. The molecule has 6 nitrogen and oxygen atoms in total. The van der Waals surface area contributed by atoms with Crippen LogP contribution in [-0.4, -0.2) is 46.5 Å². The number of carbonyl (C=O) groups is 1. The standard InChI is InChI=1S/C10H17N5OS/c1-7-11-10(17-14-7)13-9(16)12-8-4-3-5-15(2)6-8/h8H,3-6H2,1-2H3,(H2,11,12,13,14,16)/t8-/m0/s1. The number of nitrogens with zero attached hydrogens (tertiary/aromatic N) is 3. The van der Waals surface area contributed by atoms with E-state index in [0.717, 1.165) is 25.9 Å². The zero-order valence-corrected chi connectivity index (χ0v) is 10.9. The van der Waals surface area contributed by atoms with Crippen molar-refractivity contribution in [1.82, 2.24) is 19.6 Å². The molecule has 0 unspecified atom stereocenters. The molecule has 1 fully saturated rings. The molecule has 7 heteroatoms. The Bertz CT molecular complexity index is 394. The largest absolute Gasteiger partial charge is 0.334 e. The van der Waals surface area contributed by atoms with Crippen molar-refractivity contribution in [3.8, 4) is 0 Å². The van der Waals surface area contributed by atoms with Crippen LogP contribution in [0.25, 0.3) is 0 Å². The first-order chi connectivity index (χ1) is 8.13. The average molecular weight is 255 g/mol. The Morgan fingerprint density at radius 2 is 2.41 bits per heavy atom. The minimum Gasteiger partial charge on any atom is -0.334 e. The second kappa shape index (κ2) is 5.42. The van der Waals surface area contributed by atoms with Crippen molar-refractivity contribution >= 4 is 22.7 Å². The number of aromatic nitrogens is 2. The summed E-state index contributed by atoms with van der Waals surface area (Å²) in [5, 5.41) is 6.20. The van der Waals surface area contributed by atoms with Crippen LogP contribution in [0.1, 0.15) is 18.7 Å². The Kier molecular flexibility index (Phi) is 3.90. The average Bonchev–Trinajstić information content (AvgIpc) is 2.63. The summed E-state index contributed by atoms with van der Waals surface area (Å²) >= 11 is 1.20. The SMILES string of the molecule is Cc1nsc(NC(=O)N[C@H]2CCCN(C)C2)n1. The molecular weight excluding hydrogens is 238 g/mol. The topological polar surface area (TPSA) is 70.2 Å². The predicted octanol–water partition coefficient (Wildman–Crippen LogP) is 1.06. The molecule has 94 valence electrons. The first-order valence-electron chi connectivity index (χ1n) is 5.70. The van der Waals surface area contributed by atoms with Gasteiger partial charge in [0, 0.05) is 24.1 Å². The number of hydrogen-bond acceptors (Lipinski definition) is 5. The van der Waals surface area contributed by atoms with Gasteiger partial charge in [-0.1, -0.05) is 0 Å². The van der Waals surface area contributed by atoms with E-state index in [2.05, 4.69) is 31.9 Å². The van der Waals surface area contributed by atoms with Crippen molar-refractivity contribution in [3.63, 3.8) is 0 Å². The lowest BCUT2D eigenvalue weighted by atomic mass is 10.1. The van der Waals surface area contributed by atoms with Gasteiger partial charge in [0.05, 0.1) is 0 Å². The summed E-state index contributed by atoms with van der Waals surface area (Å²) in [6.45, 7) is 3.81. The van der Waals surface area contributed by atoms with Crippen molar-refractivity contribution in [2.24, 2.45) is 0 Å². The van der Waals surface area contributed by atoms with Gasteiger partial charge in [-0.2, -0.15) is 4.37 Å². The van der Waals surface area contributed by atoms with Gasteiger partial charge in [0.15, 0.2) is 0 Å². The molecule has 1 aromatic heterocycles. The quantitative estimate of drug-likeness (QED) is 0.829. The Morgan fingerprint density at radius 1 is 1.59 bits per heavy atom. The third-order valence-electron chi connectivity index (χ3n) is 2.71. The van der Waals surface area contributed by atoms with Gasteiger partial charge in [-0.05, 0) is 33.4 Å². The molecule has 0 bridgehead atoms. The summed E-state index contributed by atoms with van der Waals surface area (Å²) < 4.78 is 4.01. The summed E-state index contributed by atoms with van der Waals surface area (Å²) in [6, 6.07) is 0.0317. The lowest BCUT2D eigenvalue weighted by molar-refractivity contribution is 0.216. The smallest absolute Gasteiger partial charge is 0.321 e. The lowest BCUT2D eigenvalue weighted by Gasteiger charge is -2.29. The number of hydrogen-bond donors (Lipinski definition) is 2. The van der Waals surface area contributed by atoms with Crippen LogP contribution < -0.4 is 10.6 Å². The molecule has 0 radical (unpaired) electrons. The number of amides is 2. The van der Waals surface area contributed by atoms with Crippen LogP contribution in [0.3, 0.4) is 0 Å². The predicted molar refractivity (Wildman–Crippen MR) is 67.3 cm³/mol. The van der Waals surface area contributed by atoms with Crippen LogP contribution in [0, 0.1) is 6.92 Å². The van der Waals surface area contributed by atoms with Crippen molar-refractivity contribution in [2.45, 2.75) is 25.8 Å². The number of likely N-dealkylation sites (tertiary alicyclic amines) is 1. The van der Waals surface area contributed by atoms with Gasteiger partial charge in [-0.3, -0.25) is 5.32 Å². The molecule has 0 saturated carbocycles. The third-order valence-corrected chi connectivity index (χ3v) is 3.43. The second-order valence-corrected chi connectivity index (χ2v) is 5.10. The fourth-order valence-electron chi connectivity index (χ4n) is 1.95. The summed E-state index contributed by atoms with van der Waals surface area (Å²) in [5.74, 6) is 0.683. The van der Waals surface area contributed by atoms with Crippen molar-refractivity contribution in [3.05, 3.63) is 5.82 Å². The van der Waals surface area contributed by atoms with Crippen LogP contribution in [0.5, 0.6) is 0 Å². The molecule has 17 heavy (non-hydrogen) atoms. The van der Waals surface area contributed by atoms with Gasteiger partial charge in [0.1, 0.15) is 5.82 Å². The van der Waals surface area contributed by atoms with Crippen LogP contribution in [-0.2, 0) is 0 Å². The van der Waals surface area contributed by atoms with E-state index in [0.29, 0.717) is 11.0 Å². The Balaban J connectivity index is 1.80. The molecule has 2 rings (SSSR count). The highest BCUT2D eigenvalue weighted by atomic mass is 32.1. The monoisotopic (exact) mass is 255 g/mol. The van der Waals surface area contributed by atoms with Gasteiger partial charge in [0.25, 0.3) is 0 Å². The molecule has 2 amide bonds. The summed E-state index contributed by atoms with van der Waals surface area (Å²) in [5.41, 5.74) is 0. The highest BCUT2D eigenvalue weighted by Crippen LogP contribution is 2.11. The van der Waals surface area contributed by atoms with E-state index in [1.54, 1.807) is 6.92 Å². The number of aryl methyl sites for hydroxylation is 1. The van der Waals surface area contributed by atoms with E-state index in [9.17, 15) is 4.79 Å². The van der Waals surface area contributed by atoms with Crippen molar-refractivity contribution in [2.75, 3.05) is 25.5 Å². The fourth-order valence-corrected chi connectivity index (χ4v) is 2.52. The number of likely N-dealkylation sites (N-methyl/N-ethyl adjacent to an activating group) is 1. The second-order valence-electron chi connectivity index (χ2n) is 4.35. The van der Waals surface area contributed by atoms with Crippen LogP contribution >= 0.6 is 11.5 Å². The molecule has 1 aromatic rings. The highest BCUT2D eigenvalue weighted by Gasteiger charge is 2.19. The molecule has 1 atom stereocenters. The third kappa shape index (κ3) is 3.64. The van der Waals surface area contributed by atoms with E-state index in [1.807, 2.05) is 0 Å². The number of nitrogens with one attached hydrogen (secondary N) is 2. The molecular formula is C10H17N5OS. The number of anilines is 1. The van der Waals surface area contributed by atoms with E-state index in [1.165, 1.54) is 11.5 Å². The minimum absolute atomic E-state index is 0.193. The van der Waals surface area contributed by atoms with E-state index in [4.69, 9.17) is 0 Å². The van der Waals surface area contributed by atoms with Gasteiger partial charge in [-0.15, -0.1) is 0 Å². The van der Waals surface area contributed by atoms with Crippen LogP contribution in [0.2, 0.25) is 0 Å². The lowest BCUT2D eigenvalue weighted by Crippen LogP contribution is -2.47. The van der Waals surface area contributed by atoms with Gasteiger partial charge in [-0.25, -0.2) is 9.78 Å². The number of urea groups is 1. The maximum Gasteiger partial charge on any atom is 0.321 e. The highest BCUT2D eigenvalue weighted by molar-refractivity contribution is 7.09. The Hall–Kier alpha value is -1.21. The molecule has 2 N–H and O–H groups in total. The first kappa shape index (κ1) is 12.3. The number of piperidine rings is 1. The molecule has 0 spiro atoms. The van der Waals surface area contributed by atoms with Gasteiger partial charge in [0.2, 0.25) is 5.13 Å². The summed E-state index contributed by atoms with van der Waals surface area (Å²) in [4.78, 5) is 18.0. The van der Waals surface area contributed by atoms with E-state index < -0.39 is 0 Å². The zero-order chi connectivity index (χ0) is 12.3. The van der Waals surface area contributed by atoms with Crippen molar-refractivity contribution in [1.29, 1.82) is 0 Å². The first-order valence-corrected chi connectivity index (χ1v) is 6.47. The van der Waals surface area contributed by atoms with Crippen molar-refractivity contribution < 1.29 is 4.79 Å². The summed E-state index contributed by atoms with van der Waals surface area (Å²) in [6.07, 6.45) is 2.16. The number of carbonyl (C=O) groups excluding carboxylic acids is 1.